The molecular formula is C15H30IN3O3. The van der Waals surface area contributed by atoms with Crippen LogP contribution in [0.1, 0.15) is 19.3 Å². The molecule has 0 amide bonds. The fraction of sp³-hybridized carbons (Fsp3) is 0.933. The van der Waals surface area contributed by atoms with Crippen molar-refractivity contribution in [1.29, 1.82) is 0 Å². The average Bonchev–Trinajstić information content (AvgIpc) is 3.13. The first-order valence-electron chi connectivity index (χ1n) is 7.90. The van der Waals surface area contributed by atoms with Crippen LogP contribution in [0.3, 0.4) is 0 Å². The molecule has 1 unspecified atom stereocenters. The number of likely N-dealkylation sites (tertiary alicyclic amines) is 1. The topological polar surface area (TPSA) is 55.3 Å². The van der Waals surface area contributed by atoms with Crippen LogP contribution in [0, 0.1) is 5.41 Å². The maximum Gasteiger partial charge on any atom is 0.193 e. The molecule has 2 aliphatic rings. The van der Waals surface area contributed by atoms with Gasteiger partial charge in [-0.3, -0.25) is 4.99 Å². The SMILES string of the molecule is CN=C(NCCCOCCOC)N1CCC2(CCOC2)C1.I. The van der Waals surface area contributed by atoms with Crippen molar-refractivity contribution in [3.05, 3.63) is 0 Å². The van der Waals surface area contributed by atoms with E-state index in [1.807, 2.05) is 7.05 Å². The van der Waals surface area contributed by atoms with E-state index in [0.29, 0.717) is 18.6 Å². The summed E-state index contributed by atoms with van der Waals surface area (Å²) < 4.78 is 16.0. The van der Waals surface area contributed by atoms with Crippen LogP contribution < -0.4 is 5.32 Å². The molecule has 0 saturated carbocycles. The molecule has 130 valence electrons. The van der Waals surface area contributed by atoms with Gasteiger partial charge < -0.3 is 24.4 Å². The van der Waals surface area contributed by atoms with Gasteiger partial charge in [0.05, 0.1) is 19.8 Å². The third-order valence-electron chi connectivity index (χ3n) is 4.31. The highest BCUT2D eigenvalue weighted by Gasteiger charge is 2.42. The normalized spacial score (nSPS) is 24.8. The molecule has 0 aliphatic carbocycles. The molecule has 1 N–H and O–H groups in total. The first kappa shape index (κ1) is 19.9. The lowest BCUT2D eigenvalue weighted by atomic mass is 9.87. The van der Waals surface area contributed by atoms with Crippen molar-refractivity contribution in [1.82, 2.24) is 10.2 Å². The summed E-state index contributed by atoms with van der Waals surface area (Å²) in [6.45, 7) is 6.94. The molecule has 0 aromatic rings. The Hall–Kier alpha value is -0.120. The number of halogens is 1. The summed E-state index contributed by atoms with van der Waals surface area (Å²) in [6.07, 6.45) is 3.38. The predicted molar refractivity (Wildman–Crippen MR) is 98.1 cm³/mol. The number of guanidine groups is 1. The van der Waals surface area contributed by atoms with Gasteiger partial charge in [-0.15, -0.1) is 24.0 Å². The van der Waals surface area contributed by atoms with Crippen LogP contribution in [-0.4, -0.2) is 77.7 Å². The molecule has 1 atom stereocenters. The van der Waals surface area contributed by atoms with Crippen LogP contribution in [0.2, 0.25) is 0 Å². The van der Waals surface area contributed by atoms with Gasteiger partial charge in [-0.1, -0.05) is 0 Å². The summed E-state index contributed by atoms with van der Waals surface area (Å²) >= 11 is 0. The van der Waals surface area contributed by atoms with E-state index in [0.717, 1.165) is 51.8 Å². The largest absolute Gasteiger partial charge is 0.382 e. The van der Waals surface area contributed by atoms with Crippen LogP contribution in [-0.2, 0) is 14.2 Å². The minimum absolute atomic E-state index is 0. The van der Waals surface area contributed by atoms with E-state index in [4.69, 9.17) is 14.2 Å². The molecule has 2 aliphatic heterocycles. The minimum Gasteiger partial charge on any atom is -0.382 e. The number of aliphatic imine (C=N–C) groups is 1. The highest BCUT2D eigenvalue weighted by molar-refractivity contribution is 14.0. The van der Waals surface area contributed by atoms with Crippen LogP contribution in [0.5, 0.6) is 0 Å². The highest BCUT2D eigenvalue weighted by Crippen LogP contribution is 2.38. The Morgan fingerprint density at radius 1 is 1.32 bits per heavy atom. The van der Waals surface area contributed by atoms with Gasteiger partial charge in [0.2, 0.25) is 0 Å². The summed E-state index contributed by atoms with van der Waals surface area (Å²) in [5.74, 6) is 1.01. The lowest BCUT2D eigenvalue weighted by Crippen LogP contribution is -2.42. The van der Waals surface area contributed by atoms with E-state index in [2.05, 4.69) is 15.2 Å². The van der Waals surface area contributed by atoms with Crippen molar-refractivity contribution in [3.63, 3.8) is 0 Å². The maximum atomic E-state index is 5.58. The molecule has 2 saturated heterocycles. The molecule has 7 heteroatoms. The Bertz CT molecular complexity index is 336. The summed E-state index contributed by atoms with van der Waals surface area (Å²) in [4.78, 5) is 6.76. The second kappa shape index (κ2) is 10.6. The summed E-state index contributed by atoms with van der Waals surface area (Å²) in [6, 6.07) is 0. The number of methoxy groups -OCH3 is 1. The van der Waals surface area contributed by atoms with Crippen molar-refractivity contribution in [2.24, 2.45) is 10.4 Å². The van der Waals surface area contributed by atoms with Crippen molar-refractivity contribution in [3.8, 4) is 0 Å². The number of hydrogen-bond acceptors (Lipinski definition) is 4. The highest BCUT2D eigenvalue weighted by atomic mass is 127. The monoisotopic (exact) mass is 427 g/mol. The van der Waals surface area contributed by atoms with Gasteiger partial charge in [0.1, 0.15) is 0 Å². The van der Waals surface area contributed by atoms with Crippen LogP contribution in [0.25, 0.3) is 0 Å². The van der Waals surface area contributed by atoms with Crippen molar-refractivity contribution < 1.29 is 14.2 Å². The van der Waals surface area contributed by atoms with Gasteiger partial charge in [-0.25, -0.2) is 0 Å². The Kier molecular flexibility index (Phi) is 9.62. The Morgan fingerprint density at radius 2 is 2.18 bits per heavy atom. The van der Waals surface area contributed by atoms with E-state index in [1.165, 1.54) is 12.8 Å². The van der Waals surface area contributed by atoms with Gasteiger partial charge in [-0.2, -0.15) is 0 Å². The van der Waals surface area contributed by atoms with Crippen molar-refractivity contribution in [2.45, 2.75) is 19.3 Å². The van der Waals surface area contributed by atoms with Gasteiger partial charge in [0, 0.05) is 52.4 Å². The number of hydrogen-bond donors (Lipinski definition) is 1. The lowest BCUT2D eigenvalue weighted by Gasteiger charge is -2.24. The zero-order valence-electron chi connectivity index (χ0n) is 13.8. The van der Waals surface area contributed by atoms with Crippen LogP contribution in [0.15, 0.2) is 4.99 Å². The van der Waals surface area contributed by atoms with E-state index in [-0.39, 0.29) is 24.0 Å². The molecule has 0 aromatic heterocycles. The second-order valence-corrected chi connectivity index (χ2v) is 5.91. The van der Waals surface area contributed by atoms with E-state index in [9.17, 15) is 0 Å². The smallest absolute Gasteiger partial charge is 0.193 e. The number of rotatable bonds is 7. The molecule has 1 spiro atoms. The summed E-state index contributed by atoms with van der Waals surface area (Å²) in [5, 5.41) is 3.43. The standard InChI is InChI=1S/C15H29N3O3.HI/c1-16-14(17-6-3-8-20-11-10-19-2)18-7-4-15(12-18)5-9-21-13-15;/h3-13H2,1-2H3,(H,16,17);1H. The molecule has 2 rings (SSSR count). The molecule has 6 nitrogen and oxygen atoms in total. The lowest BCUT2D eigenvalue weighted by molar-refractivity contribution is 0.0698. The van der Waals surface area contributed by atoms with Crippen LogP contribution >= 0.6 is 24.0 Å². The minimum atomic E-state index is 0. The molecule has 2 heterocycles. The van der Waals surface area contributed by atoms with E-state index >= 15 is 0 Å². The van der Waals surface area contributed by atoms with E-state index < -0.39 is 0 Å². The number of nitrogens with zero attached hydrogens (tertiary/aromatic N) is 2. The molecule has 0 aromatic carbocycles. The summed E-state index contributed by atoms with van der Waals surface area (Å²) in [5.41, 5.74) is 0.376. The maximum absolute atomic E-state index is 5.58. The molecular weight excluding hydrogens is 397 g/mol. The zero-order chi connectivity index (χ0) is 15.0. The average molecular weight is 427 g/mol. The van der Waals surface area contributed by atoms with Crippen molar-refractivity contribution >= 4 is 29.9 Å². The quantitative estimate of drug-likeness (QED) is 0.288. The summed E-state index contributed by atoms with van der Waals surface area (Å²) in [7, 11) is 3.54. The zero-order valence-corrected chi connectivity index (χ0v) is 16.1. The third-order valence-corrected chi connectivity index (χ3v) is 4.31. The Labute approximate surface area is 151 Å². The number of ether oxygens (including phenoxy) is 3. The number of nitrogens with one attached hydrogen (secondary N) is 1. The Morgan fingerprint density at radius 3 is 2.86 bits per heavy atom. The van der Waals surface area contributed by atoms with Gasteiger partial charge in [-0.05, 0) is 19.3 Å². The van der Waals surface area contributed by atoms with Gasteiger partial charge >= 0.3 is 0 Å². The van der Waals surface area contributed by atoms with E-state index in [1.54, 1.807) is 7.11 Å². The van der Waals surface area contributed by atoms with Crippen LogP contribution in [0.4, 0.5) is 0 Å². The van der Waals surface area contributed by atoms with Gasteiger partial charge in [0.25, 0.3) is 0 Å². The first-order valence-corrected chi connectivity index (χ1v) is 7.90. The second-order valence-electron chi connectivity index (χ2n) is 5.91. The fourth-order valence-electron chi connectivity index (χ4n) is 3.04. The molecule has 22 heavy (non-hydrogen) atoms. The predicted octanol–water partition coefficient (Wildman–Crippen LogP) is 1.35. The van der Waals surface area contributed by atoms with Gasteiger partial charge in [0.15, 0.2) is 5.96 Å². The Balaban J connectivity index is 0.00000242. The first-order chi connectivity index (χ1) is 10.3. The molecule has 0 radical (unpaired) electrons. The molecule has 0 bridgehead atoms. The fourth-order valence-corrected chi connectivity index (χ4v) is 3.04. The van der Waals surface area contributed by atoms with Crippen molar-refractivity contribution in [2.75, 3.05) is 66.8 Å². The third kappa shape index (κ3) is 5.82. The molecule has 2 fully saturated rings.